The summed E-state index contributed by atoms with van der Waals surface area (Å²) in [5, 5.41) is 1.07. The fourth-order valence-electron chi connectivity index (χ4n) is 4.79. The Kier molecular flexibility index (Phi) is 10.8. The lowest BCUT2D eigenvalue weighted by atomic mass is 10.2. The van der Waals surface area contributed by atoms with Crippen molar-refractivity contribution in [3.8, 4) is 0 Å². The molecular weight excluding hydrogens is 680 g/mol. The molecule has 3 aliphatic heterocycles. The van der Waals surface area contributed by atoms with E-state index in [4.69, 9.17) is 47.6 Å². The van der Waals surface area contributed by atoms with Crippen molar-refractivity contribution in [1.29, 1.82) is 0 Å². The molecule has 0 unspecified atom stereocenters. The van der Waals surface area contributed by atoms with E-state index in [2.05, 4.69) is 0 Å². The Hall–Kier alpha value is -2.74. The number of thioether (sulfide) groups is 2. The molecule has 44 heavy (non-hydrogen) atoms. The second-order valence-corrected chi connectivity index (χ2v) is 14.1. The van der Waals surface area contributed by atoms with Crippen LogP contribution in [0.25, 0.3) is 12.2 Å². The average molecular weight is 706 g/mol. The van der Waals surface area contributed by atoms with Gasteiger partial charge < -0.3 is 9.80 Å². The molecule has 0 N–H and O–H groups in total. The molecule has 4 amide bonds. The van der Waals surface area contributed by atoms with Crippen molar-refractivity contribution in [3.05, 3.63) is 79.5 Å². The Balaban J connectivity index is 1.07. The fraction of sp³-hybridized carbons (Fsp3) is 0.267. The van der Waals surface area contributed by atoms with Crippen LogP contribution in [0.2, 0.25) is 10.0 Å². The first-order valence-corrected chi connectivity index (χ1v) is 16.9. The van der Waals surface area contributed by atoms with Crippen LogP contribution in [-0.2, 0) is 19.2 Å². The third-order valence-corrected chi connectivity index (χ3v) is 10.7. The zero-order valence-corrected chi connectivity index (χ0v) is 28.0. The fourth-order valence-corrected chi connectivity index (χ4v) is 7.77. The van der Waals surface area contributed by atoms with E-state index in [1.807, 2.05) is 36.4 Å². The third kappa shape index (κ3) is 7.55. The Morgan fingerprint density at radius 3 is 1.41 bits per heavy atom. The minimum absolute atomic E-state index is 0.107. The molecule has 3 saturated heterocycles. The predicted octanol–water partition coefficient (Wildman–Crippen LogP) is 5.55. The van der Waals surface area contributed by atoms with Gasteiger partial charge in [0, 0.05) is 62.2 Å². The summed E-state index contributed by atoms with van der Waals surface area (Å²) >= 11 is 25.6. The second-order valence-electron chi connectivity index (χ2n) is 9.97. The third-order valence-electron chi connectivity index (χ3n) is 7.21. The molecule has 228 valence electrons. The summed E-state index contributed by atoms with van der Waals surface area (Å²) in [6, 6.07) is 14.4. The number of carbonyl (C=O) groups excluding carboxylic acids is 4. The Morgan fingerprint density at radius 1 is 0.682 bits per heavy atom. The molecule has 0 aromatic heterocycles. The molecule has 0 radical (unpaired) electrons. The smallest absolute Gasteiger partial charge is 0.266 e. The summed E-state index contributed by atoms with van der Waals surface area (Å²) in [5.74, 6) is -0.707. The van der Waals surface area contributed by atoms with Gasteiger partial charge in [-0.15, -0.1) is 0 Å². The molecule has 2 aromatic carbocycles. The summed E-state index contributed by atoms with van der Waals surface area (Å²) in [4.78, 5) is 59.0. The lowest BCUT2D eigenvalue weighted by molar-refractivity contribution is -0.140. The molecule has 8 nitrogen and oxygen atoms in total. The highest BCUT2D eigenvalue weighted by Gasteiger charge is 2.34. The summed E-state index contributed by atoms with van der Waals surface area (Å²) < 4.78 is 0.801. The maximum atomic E-state index is 12.9. The van der Waals surface area contributed by atoms with Crippen LogP contribution in [0, 0.1) is 0 Å². The van der Waals surface area contributed by atoms with Crippen LogP contribution in [0.1, 0.15) is 24.0 Å². The van der Waals surface area contributed by atoms with Crippen LogP contribution < -0.4 is 0 Å². The summed E-state index contributed by atoms with van der Waals surface area (Å²) in [7, 11) is 0. The number of carbonyl (C=O) groups is 4. The summed E-state index contributed by atoms with van der Waals surface area (Å²) in [5.41, 5.74) is 1.45. The van der Waals surface area contributed by atoms with Crippen molar-refractivity contribution in [1.82, 2.24) is 19.6 Å². The van der Waals surface area contributed by atoms with Gasteiger partial charge in [0.15, 0.2) is 0 Å². The van der Waals surface area contributed by atoms with Crippen molar-refractivity contribution in [2.75, 3.05) is 39.3 Å². The van der Waals surface area contributed by atoms with Crippen molar-refractivity contribution in [3.63, 3.8) is 0 Å². The highest BCUT2D eigenvalue weighted by molar-refractivity contribution is 8.27. The van der Waals surface area contributed by atoms with E-state index < -0.39 is 0 Å². The number of hydrogen-bond acceptors (Lipinski definition) is 8. The number of amides is 4. The van der Waals surface area contributed by atoms with Gasteiger partial charge in [0.2, 0.25) is 11.8 Å². The standard InChI is InChI=1S/C30H26Cl2N4O4S4/c31-21-7-3-1-5-19(21)17-23-27(39)35(29(41)43-23)11-9-25(37)33-13-15-34(16-14-33)26(38)10-12-36-28(40)24(44-30(36)42)18-20-6-2-4-8-22(20)32/h1-8,17-18H,9-16H2/b23-17+,24-18+. The quantitative estimate of drug-likeness (QED) is 0.262. The van der Waals surface area contributed by atoms with Gasteiger partial charge in [0.05, 0.1) is 9.81 Å². The molecule has 3 aliphatic rings. The molecule has 0 saturated carbocycles. The van der Waals surface area contributed by atoms with E-state index in [-0.39, 0.29) is 49.6 Å². The highest BCUT2D eigenvalue weighted by atomic mass is 35.5. The lowest BCUT2D eigenvalue weighted by Crippen LogP contribution is -2.51. The molecule has 14 heteroatoms. The number of thiocarbonyl (C=S) groups is 2. The van der Waals surface area contributed by atoms with Crippen LogP contribution in [0.15, 0.2) is 58.3 Å². The maximum absolute atomic E-state index is 12.9. The van der Waals surface area contributed by atoms with Gasteiger partial charge in [-0.25, -0.2) is 0 Å². The average Bonchev–Trinajstić information content (AvgIpc) is 3.44. The van der Waals surface area contributed by atoms with Gasteiger partial charge in [-0.1, -0.05) is 108 Å². The Morgan fingerprint density at radius 2 is 1.05 bits per heavy atom. The Labute approximate surface area is 284 Å². The topological polar surface area (TPSA) is 81.2 Å². The minimum atomic E-state index is -0.246. The van der Waals surface area contributed by atoms with Crippen molar-refractivity contribution < 1.29 is 19.2 Å². The second kappa shape index (κ2) is 14.6. The molecule has 3 heterocycles. The first kappa shape index (κ1) is 32.6. The van der Waals surface area contributed by atoms with E-state index in [0.29, 0.717) is 54.7 Å². The number of rotatable bonds is 8. The van der Waals surface area contributed by atoms with Gasteiger partial charge >= 0.3 is 0 Å². The van der Waals surface area contributed by atoms with E-state index >= 15 is 0 Å². The molecule has 2 aromatic rings. The van der Waals surface area contributed by atoms with Crippen LogP contribution in [0.5, 0.6) is 0 Å². The van der Waals surface area contributed by atoms with Crippen molar-refractivity contribution >= 4 is 116 Å². The molecule has 0 aliphatic carbocycles. The normalized spacial score (nSPS) is 19.2. The molecule has 3 fully saturated rings. The monoisotopic (exact) mass is 704 g/mol. The van der Waals surface area contributed by atoms with E-state index in [1.54, 1.807) is 34.1 Å². The Bertz CT molecular complexity index is 1490. The number of hydrogen-bond donors (Lipinski definition) is 0. The number of nitrogens with zero attached hydrogens (tertiary/aromatic N) is 4. The van der Waals surface area contributed by atoms with Crippen LogP contribution in [0.4, 0.5) is 0 Å². The number of piperazine rings is 1. The van der Waals surface area contributed by atoms with Gasteiger partial charge in [0.1, 0.15) is 8.64 Å². The summed E-state index contributed by atoms with van der Waals surface area (Å²) in [6.07, 6.45) is 3.66. The highest BCUT2D eigenvalue weighted by Crippen LogP contribution is 2.35. The molecule has 0 bridgehead atoms. The number of halogens is 2. The summed E-state index contributed by atoms with van der Waals surface area (Å²) in [6.45, 7) is 1.90. The van der Waals surface area contributed by atoms with E-state index in [0.717, 1.165) is 11.1 Å². The molecule has 0 spiro atoms. The van der Waals surface area contributed by atoms with Crippen LogP contribution in [0.3, 0.4) is 0 Å². The van der Waals surface area contributed by atoms with Gasteiger partial charge in [-0.05, 0) is 35.4 Å². The largest absolute Gasteiger partial charge is 0.339 e. The first-order chi connectivity index (χ1) is 21.1. The maximum Gasteiger partial charge on any atom is 0.266 e. The van der Waals surface area contributed by atoms with Crippen molar-refractivity contribution in [2.24, 2.45) is 0 Å². The van der Waals surface area contributed by atoms with Gasteiger partial charge in [0.25, 0.3) is 11.8 Å². The van der Waals surface area contributed by atoms with Gasteiger partial charge in [-0.3, -0.25) is 29.0 Å². The minimum Gasteiger partial charge on any atom is -0.339 e. The lowest BCUT2D eigenvalue weighted by Gasteiger charge is -2.35. The SMILES string of the molecule is O=C(CCN1C(=O)/C(=C\c2ccccc2Cl)SC1=S)N1CCN(C(=O)CCN2C(=O)/C(=C\c3ccccc3Cl)SC2=S)CC1. The molecular formula is C30H26Cl2N4O4S4. The number of benzene rings is 2. The van der Waals surface area contributed by atoms with Crippen molar-refractivity contribution in [2.45, 2.75) is 12.8 Å². The van der Waals surface area contributed by atoms with Gasteiger partial charge in [-0.2, -0.15) is 0 Å². The first-order valence-electron chi connectivity index (χ1n) is 13.7. The zero-order valence-electron chi connectivity index (χ0n) is 23.2. The predicted molar refractivity (Wildman–Crippen MR) is 185 cm³/mol. The van der Waals surface area contributed by atoms with Crippen LogP contribution >= 0.6 is 71.2 Å². The molecule has 0 atom stereocenters. The van der Waals surface area contributed by atoms with Crippen LogP contribution in [-0.4, -0.2) is 91.1 Å². The van der Waals surface area contributed by atoms with E-state index in [9.17, 15) is 19.2 Å². The van der Waals surface area contributed by atoms with E-state index in [1.165, 1.54) is 33.3 Å². The zero-order chi connectivity index (χ0) is 31.4. The molecule has 5 rings (SSSR count).